The molecule has 5 heteroatoms. The van der Waals surface area contributed by atoms with E-state index in [1.54, 1.807) is 18.5 Å². The van der Waals surface area contributed by atoms with E-state index < -0.39 is 5.97 Å². The molecule has 0 bridgehead atoms. The highest BCUT2D eigenvalue weighted by molar-refractivity contribution is 5.87. The fraction of sp³-hybridized carbons (Fsp3) is 0.333. The van der Waals surface area contributed by atoms with E-state index in [1.165, 1.54) is 0 Å². The van der Waals surface area contributed by atoms with E-state index in [-0.39, 0.29) is 0 Å². The molecule has 2 aromatic rings. The lowest BCUT2D eigenvalue weighted by Crippen LogP contribution is -2.06. The SMILES string of the molecule is CCn1nc(C)cc1Cn1ccc(C(=O)O)c1. The Morgan fingerprint density at radius 2 is 2.29 bits per heavy atom. The predicted molar refractivity (Wildman–Crippen MR) is 63.1 cm³/mol. The minimum atomic E-state index is -0.899. The van der Waals surface area contributed by atoms with Gasteiger partial charge in [-0.15, -0.1) is 0 Å². The first-order valence-corrected chi connectivity index (χ1v) is 5.52. The first-order chi connectivity index (χ1) is 8.10. The molecule has 0 radical (unpaired) electrons. The van der Waals surface area contributed by atoms with Crippen LogP contribution >= 0.6 is 0 Å². The van der Waals surface area contributed by atoms with Crippen molar-refractivity contribution >= 4 is 5.97 Å². The number of carboxylic acids is 1. The van der Waals surface area contributed by atoms with Gasteiger partial charge in [0.25, 0.3) is 0 Å². The number of aromatic nitrogens is 3. The average molecular weight is 233 g/mol. The Morgan fingerprint density at radius 3 is 2.88 bits per heavy atom. The summed E-state index contributed by atoms with van der Waals surface area (Å²) in [6.07, 6.45) is 3.40. The van der Waals surface area contributed by atoms with E-state index >= 15 is 0 Å². The first-order valence-electron chi connectivity index (χ1n) is 5.52. The Labute approximate surface area is 99.3 Å². The summed E-state index contributed by atoms with van der Waals surface area (Å²) in [4.78, 5) is 10.8. The first kappa shape index (κ1) is 11.4. The molecule has 17 heavy (non-hydrogen) atoms. The molecule has 0 aromatic carbocycles. The number of rotatable bonds is 4. The molecule has 90 valence electrons. The largest absolute Gasteiger partial charge is 0.478 e. The highest BCUT2D eigenvalue weighted by Gasteiger charge is 2.07. The van der Waals surface area contributed by atoms with Crippen molar-refractivity contribution in [3.8, 4) is 0 Å². The number of hydrogen-bond acceptors (Lipinski definition) is 2. The topological polar surface area (TPSA) is 60.0 Å². The molecule has 0 saturated carbocycles. The molecule has 0 saturated heterocycles. The average Bonchev–Trinajstić information content (AvgIpc) is 2.86. The van der Waals surface area contributed by atoms with Crippen LogP contribution in [0.1, 0.15) is 28.7 Å². The Bertz CT molecular complexity index is 540. The molecule has 5 nitrogen and oxygen atoms in total. The molecule has 0 aliphatic heterocycles. The number of carboxylic acid groups (broad SMARTS) is 1. The van der Waals surface area contributed by atoms with Crippen LogP contribution in [0.2, 0.25) is 0 Å². The zero-order chi connectivity index (χ0) is 12.4. The lowest BCUT2D eigenvalue weighted by Gasteiger charge is -2.05. The minimum Gasteiger partial charge on any atom is -0.478 e. The van der Waals surface area contributed by atoms with Crippen molar-refractivity contribution < 1.29 is 9.90 Å². The van der Waals surface area contributed by atoms with Gasteiger partial charge >= 0.3 is 5.97 Å². The highest BCUT2D eigenvalue weighted by Crippen LogP contribution is 2.08. The second-order valence-corrected chi connectivity index (χ2v) is 3.97. The minimum absolute atomic E-state index is 0.310. The van der Waals surface area contributed by atoms with Gasteiger partial charge in [-0.2, -0.15) is 5.10 Å². The molecule has 2 heterocycles. The molecule has 0 amide bonds. The van der Waals surface area contributed by atoms with Gasteiger partial charge in [-0.25, -0.2) is 4.79 Å². The van der Waals surface area contributed by atoms with Gasteiger partial charge in [0.05, 0.1) is 23.5 Å². The summed E-state index contributed by atoms with van der Waals surface area (Å²) < 4.78 is 3.78. The van der Waals surface area contributed by atoms with Crippen LogP contribution in [0.4, 0.5) is 0 Å². The lowest BCUT2D eigenvalue weighted by atomic mass is 10.3. The Hall–Kier alpha value is -2.04. The van der Waals surface area contributed by atoms with Gasteiger partial charge in [0.2, 0.25) is 0 Å². The van der Waals surface area contributed by atoms with Gasteiger partial charge in [-0.1, -0.05) is 0 Å². The maximum Gasteiger partial charge on any atom is 0.337 e. The summed E-state index contributed by atoms with van der Waals surface area (Å²) in [5, 5.41) is 13.2. The van der Waals surface area contributed by atoms with Gasteiger partial charge < -0.3 is 9.67 Å². The normalized spacial score (nSPS) is 10.7. The summed E-state index contributed by atoms with van der Waals surface area (Å²) in [6.45, 7) is 5.44. The van der Waals surface area contributed by atoms with Crippen LogP contribution in [-0.4, -0.2) is 25.4 Å². The van der Waals surface area contributed by atoms with Crippen LogP contribution in [-0.2, 0) is 13.1 Å². The second kappa shape index (κ2) is 4.45. The quantitative estimate of drug-likeness (QED) is 0.875. The lowest BCUT2D eigenvalue weighted by molar-refractivity contribution is 0.0697. The van der Waals surface area contributed by atoms with Gasteiger partial charge in [0, 0.05) is 18.9 Å². The Morgan fingerprint density at radius 1 is 1.53 bits per heavy atom. The van der Waals surface area contributed by atoms with Crippen LogP contribution in [0.3, 0.4) is 0 Å². The Balaban J connectivity index is 2.21. The fourth-order valence-electron chi connectivity index (χ4n) is 1.85. The smallest absolute Gasteiger partial charge is 0.337 e. The van der Waals surface area contributed by atoms with E-state index in [2.05, 4.69) is 5.10 Å². The second-order valence-electron chi connectivity index (χ2n) is 3.97. The van der Waals surface area contributed by atoms with Crippen molar-refractivity contribution in [1.82, 2.24) is 14.3 Å². The summed E-state index contributed by atoms with van der Waals surface area (Å²) in [6, 6.07) is 3.62. The number of carbonyl (C=O) groups is 1. The highest BCUT2D eigenvalue weighted by atomic mass is 16.4. The third kappa shape index (κ3) is 2.38. The van der Waals surface area contributed by atoms with Gasteiger partial charge in [0.1, 0.15) is 0 Å². The van der Waals surface area contributed by atoms with Crippen LogP contribution in [0.25, 0.3) is 0 Å². The standard InChI is InChI=1S/C12H15N3O2/c1-3-15-11(6-9(2)13-15)8-14-5-4-10(7-14)12(16)17/h4-7H,3,8H2,1-2H3,(H,16,17). The monoisotopic (exact) mass is 233 g/mol. The number of nitrogens with zero attached hydrogens (tertiary/aromatic N) is 3. The maximum absolute atomic E-state index is 10.8. The van der Waals surface area contributed by atoms with Crippen molar-refractivity contribution in [1.29, 1.82) is 0 Å². The Kier molecular flexibility index (Phi) is 2.99. The third-order valence-corrected chi connectivity index (χ3v) is 2.63. The molecule has 0 aliphatic carbocycles. The molecule has 1 N–H and O–H groups in total. The molecule has 2 aromatic heterocycles. The summed E-state index contributed by atoms with van der Waals surface area (Å²) in [7, 11) is 0. The summed E-state index contributed by atoms with van der Waals surface area (Å²) in [5.74, 6) is -0.899. The van der Waals surface area contributed by atoms with Crippen LogP contribution < -0.4 is 0 Å². The van der Waals surface area contributed by atoms with Crippen molar-refractivity contribution in [2.24, 2.45) is 0 Å². The summed E-state index contributed by atoms with van der Waals surface area (Å²) >= 11 is 0. The molecule has 0 spiro atoms. The van der Waals surface area contributed by atoms with Crippen LogP contribution in [0.5, 0.6) is 0 Å². The van der Waals surface area contributed by atoms with E-state index in [4.69, 9.17) is 5.11 Å². The molecular weight excluding hydrogens is 218 g/mol. The zero-order valence-electron chi connectivity index (χ0n) is 9.92. The van der Waals surface area contributed by atoms with Gasteiger partial charge in [-0.3, -0.25) is 4.68 Å². The fourth-order valence-corrected chi connectivity index (χ4v) is 1.85. The molecule has 0 aliphatic rings. The molecule has 0 fully saturated rings. The van der Waals surface area contributed by atoms with Crippen molar-refractivity contribution in [2.75, 3.05) is 0 Å². The zero-order valence-corrected chi connectivity index (χ0v) is 9.92. The number of aryl methyl sites for hydroxylation is 2. The molecule has 2 rings (SSSR count). The third-order valence-electron chi connectivity index (χ3n) is 2.63. The molecule has 0 unspecified atom stereocenters. The van der Waals surface area contributed by atoms with Crippen molar-refractivity contribution in [3.63, 3.8) is 0 Å². The van der Waals surface area contributed by atoms with E-state index in [1.807, 2.05) is 29.2 Å². The summed E-state index contributed by atoms with van der Waals surface area (Å²) in [5.41, 5.74) is 2.37. The van der Waals surface area contributed by atoms with E-state index in [0.717, 1.165) is 17.9 Å². The van der Waals surface area contributed by atoms with Crippen LogP contribution in [0.15, 0.2) is 24.5 Å². The van der Waals surface area contributed by atoms with Crippen molar-refractivity contribution in [3.05, 3.63) is 41.5 Å². The van der Waals surface area contributed by atoms with Gasteiger partial charge in [-0.05, 0) is 26.0 Å². The van der Waals surface area contributed by atoms with E-state index in [0.29, 0.717) is 12.1 Å². The number of aromatic carboxylic acids is 1. The number of hydrogen-bond donors (Lipinski definition) is 1. The maximum atomic E-state index is 10.8. The van der Waals surface area contributed by atoms with Crippen molar-refractivity contribution in [2.45, 2.75) is 26.9 Å². The predicted octanol–water partition coefficient (Wildman–Crippen LogP) is 1.76. The van der Waals surface area contributed by atoms with Gasteiger partial charge in [0.15, 0.2) is 0 Å². The van der Waals surface area contributed by atoms with Crippen LogP contribution in [0, 0.1) is 6.92 Å². The molecule has 0 atom stereocenters. The molecular formula is C12H15N3O2. The van der Waals surface area contributed by atoms with E-state index in [9.17, 15) is 4.79 Å².